The van der Waals surface area contributed by atoms with Crippen molar-refractivity contribution in [1.29, 1.82) is 0 Å². The third-order valence-electron chi connectivity index (χ3n) is 5.84. The molecule has 0 saturated carbocycles. The number of benzene rings is 1. The number of piperidine rings is 1. The second-order valence-corrected chi connectivity index (χ2v) is 9.33. The average Bonchev–Trinajstić information content (AvgIpc) is 3.22. The van der Waals surface area contributed by atoms with E-state index in [1.807, 2.05) is 72.2 Å². The van der Waals surface area contributed by atoms with Crippen LogP contribution >= 0.6 is 11.8 Å². The number of imidazole rings is 1. The van der Waals surface area contributed by atoms with Crippen molar-refractivity contribution < 1.29 is 9.53 Å². The topological polar surface area (TPSA) is 60.2 Å². The fourth-order valence-electron chi connectivity index (χ4n) is 3.87. The van der Waals surface area contributed by atoms with E-state index in [0.29, 0.717) is 11.7 Å². The van der Waals surface area contributed by atoms with Crippen molar-refractivity contribution in [3.05, 3.63) is 71.8 Å². The largest absolute Gasteiger partial charge is 0.415 e. The summed E-state index contributed by atoms with van der Waals surface area (Å²) in [5, 5.41) is 1.05. The van der Waals surface area contributed by atoms with Gasteiger partial charge in [-0.2, -0.15) is 0 Å². The summed E-state index contributed by atoms with van der Waals surface area (Å²) >= 11 is 1.79. The molecule has 0 aliphatic carbocycles. The van der Waals surface area contributed by atoms with Gasteiger partial charge in [0, 0.05) is 49.7 Å². The highest BCUT2D eigenvalue weighted by Crippen LogP contribution is 2.26. The van der Waals surface area contributed by atoms with E-state index in [4.69, 9.17) is 4.74 Å². The summed E-state index contributed by atoms with van der Waals surface area (Å²) in [6.45, 7) is 3.49. The molecule has 4 rings (SSSR count). The molecular formula is C25H30N4O2S. The Bertz CT molecular complexity index is 1030. The van der Waals surface area contributed by atoms with Crippen LogP contribution < -0.4 is 4.74 Å². The number of carbonyl (C=O) groups is 1. The van der Waals surface area contributed by atoms with E-state index in [0.717, 1.165) is 61.1 Å². The summed E-state index contributed by atoms with van der Waals surface area (Å²) < 4.78 is 7.66. The predicted molar refractivity (Wildman–Crippen MR) is 127 cm³/mol. The molecule has 0 bridgehead atoms. The first kappa shape index (κ1) is 22.4. The second kappa shape index (κ2) is 10.7. The lowest BCUT2D eigenvalue weighted by atomic mass is 9.99. The molecule has 1 saturated heterocycles. The van der Waals surface area contributed by atoms with Crippen LogP contribution in [0.5, 0.6) is 5.75 Å². The van der Waals surface area contributed by atoms with Gasteiger partial charge in [-0.05, 0) is 68.4 Å². The lowest BCUT2D eigenvalue weighted by molar-refractivity contribution is 0.134. The zero-order valence-electron chi connectivity index (χ0n) is 18.7. The summed E-state index contributed by atoms with van der Waals surface area (Å²) in [5.74, 6) is 2.23. The van der Waals surface area contributed by atoms with E-state index in [-0.39, 0.29) is 6.09 Å². The lowest BCUT2D eigenvalue weighted by Crippen LogP contribution is -2.40. The lowest BCUT2D eigenvalue weighted by Gasteiger charge is -2.31. The monoisotopic (exact) mass is 450 g/mol. The highest BCUT2D eigenvalue weighted by Gasteiger charge is 2.24. The molecule has 1 aromatic carbocycles. The Morgan fingerprint density at radius 1 is 1.12 bits per heavy atom. The number of pyridine rings is 1. The van der Waals surface area contributed by atoms with Crippen LogP contribution in [0.1, 0.15) is 29.8 Å². The van der Waals surface area contributed by atoms with Gasteiger partial charge >= 0.3 is 6.09 Å². The van der Waals surface area contributed by atoms with E-state index < -0.39 is 0 Å². The molecule has 2 aromatic heterocycles. The van der Waals surface area contributed by atoms with Crippen LogP contribution in [0.15, 0.2) is 60.0 Å². The number of carbonyl (C=O) groups excluding carboxylic acids is 1. The maximum absolute atomic E-state index is 12.6. The zero-order valence-corrected chi connectivity index (χ0v) is 19.6. The van der Waals surface area contributed by atoms with Gasteiger partial charge in [0.25, 0.3) is 0 Å². The van der Waals surface area contributed by atoms with Crippen molar-refractivity contribution in [2.75, 3.05) is 18.8 Å². The third kappa shape index (κ3) is 6.13. The molecule has 3 heterocycles. The maximum Gasteiger partial charge on any atom is 0.415 e. The van der Waals surface area contributed by atoms with Gasteiger partial charge < -0.3 is 14.2 Å². The number of hydrogen-bond acceptors (Lipinski definition) is 5. The smallest absolute Gasteiger partial charge is 0.410 e. The van der Waals surface area contributed by atoms with Crippen LogP contribution in [0.25, 0.3) is 0 Å². The van der Waals surface area contributed by atoms with Crippen LogP contribution in [-0.2, 0) is 19.9 Å². The minimum absolute atomic E-state index is 0.253. The Morgan fingerprint density at radius 2 is 1.91 bits per heavy atom. The molecule has 6 nitrogen and oxygen atoms in total. The Balaban J connectivity index is 1.20. The molecule has 1 fully saturated rings. The van der Waals surface area contributed by atoms with Crippen LogP contribution in [0.2, 0.25) is 0 Å². The van der Waals surface area contributed by atoms with Crippen LogP contribution in [0.4, 0.5) is 4.79 Å². The summed E-state index contributed by atoms with van der Waals surface area (Å²) in [6.07, 6.45) is 7.35. The van der Waals surface area contributed by atoms with Crippen molar-refractivity contribution in [3.8, 4) is 5.75 Å². The Labute approximate surface area is 194 Å². The van der Waals surface area contributed by atoms with Gasteiger partial charge in [-0.3, -0.25) is 4.98 Å². The number of aromatic nitrogens is 3. The molecule has 0 spiro atoms. The van der Waals surface area contributed by atoms with Gasteiger partial charge in [0.2, 0.25) is 0 Å². The molecule has 1 aliphatic rings. The van der Waals surface area contributed by atoms with Crippen LogP contribution in [0, 0.1) is 12.8 Å². The quantitative estimate of drug-likeness (QED) is 0.479. The van der Waals surface area contributed by atoms with E-state index >= 15 is 0 Å². The van der Waals surface area contributed by atoms with E-state index in [1.54, 1.807) is 11.8 Å². The molecule has 1 aliphatic heterocycles. The standard InChI is InChI=1S/C25H30N4O2S/c1-19-4-3-5-22(27-19)9-6-20-7-10-23(11-8-20)31-25(30)29-15-12-21(13-16-29)18-32-24-26-14-17-28(24)2/h3-5,7-8,10-11,14,17,21H,6,9,12-13,15-16,18H2,1-2H3. The highest BCUT2D eigenvalue weighted by molar-refractivity contribution is 7.99. The summed E-state index contributed by atoms with van der Waals surface area (Å²) in [7, 11) is 2.02. The average molecular weight is 451 g/mol. The van der Waals surface area contributed by atoms with E-state index in [2.05, 4.69) is 16.0 Å². The highest BCUT2D eigenvalue weighted by atomic mass is 32.2. The summed E-state index contributed by atoms with van der Waals surface area (Å²) in [4.78, 5) is 23.3. The van der Waals surface area contributed by atoms with Gasteiger partial charge in [-0.25, -0.2) is 9.78 Å². The summed E-state index contributed by atoms with van der Waals surface area (Å²) in [5.41, 5.74) is 3.35. The zero-order chi connectivity index (χ0) is 22.3. The molecular weight excluding hydrogens is 420 g/mol. The van der Waals surface area contributed by atoms with Gasteiger partial charge in [-0.15, -0.1) is 0 Å². The Morgan fingerprint density at radius 3 is 2.59 bits per heavy atom. The molecule has 0 atom stereocenters. The molecule has 1 amide bonds. The minimum atomic E-state index is -0.253. The SMILES string of the molecule is Cc1cccc(CCc2ccc(OC(=O)N3CCC(CSc4nccn4C)CC3)cc2)n1. The first-order valence-electron chi connectivity index (χ1n) is 11.1. The minimum Gasteiger partial charge on any atom is -0.410 e. The van der Waals surface area contributed by atoms with Crippen LogP contribution in [-0.4, -0.2) is 44.4 Å². The number of likely N-dealkylation sites (tertiary alicyclic amines) is 1. The van der Waals surface area contributed by atoms with Crippen molar-refractivity contribution in [3.63, 3.8) is 0 Å². The first-order valence-corrected chi connectivity index (χ1v) is 12.1. The van der Waals surface area contributed by atoms with Crippen LogP contribution in [0.3, 0.4) is 0 Å². The first-order chi connectivity index (χ1) is 15.6. The number of amides is 1. The molecule has 32 heavy (non-hydrogen) atoms. The number of nitrogens with zero attached hydrogens (tertiary/aromatic N) is 4. The second-order valence-electron chi connectivity index (χ2n) is 8.34. The van der Waals surface area contributed by atoms with Crippen molar-refractivity contribution in [2.24, 2.45) is 13.0 Å². The summed E-state index contributed by atoms with van der Waals surface area (Å²) in [6, 6.07) is 13.9. The molecule has 3 aromatic rings. The number of thioether (sulfide) groups is 1. The molecule has 0 radical (unpaired) electrons. The fourth-order valence-corrected chi connectivity index (χ4v) is 4.98. The van der Waals surface area contributed by atoms with Gasteiger partial charge in [-0.1, -0.05) is 30.0 Å². The van der Waals surface area contributed by atoms with Gasteiger partial charge in [0.05, 0.1) is 0 Å². The number of ether oxygens (including phenoxy) is 1. The Kier molecular flexibility index (Phi) is 7.47. The number of rotatable bonds is 7. The van der Waals surface area contributed by atoms with Crippen molar-refractivity contribution in [1.82, 2.24) is 19.4 Å². The normalized spacial score (nSPS) is 14.5. The van der Waals surface area contributed by atoms with E-state index in [1.165, 1.54) is 5.56 Å². The Hall–Kier alpha value is -2.80. The van der Waals surface area contributed by atoms with E-state index in [9.17, 15) is 4.79 Å². The molecule has 7 heteroatoms. The fraction of sp³-hybridized carbons (Fsp3) is 0.400. The third-order valence-corrected chi connectivity index (χ3v) is 7.13. The molecule has 0 unspecified atom stereocenters. The predicted octanol–water partition coefficient (Wildman–Crippen LogP) is 4.91. The van der Waals surface area contributed by atoms with Gasteiger partial charge in [0.15, 0.2) is 5.16 Å². The number of aryl methyl sites for hydroxylation is 4. The van der Waals surface area contributed by atoms with Crippen molar-refractivity contribution >= 4 is 17.9 Å². The maximum atomic E-state index is 12.6. The molecule has 0 N–H and O–H groups in total. The number of hydrogen-bond donors (Lipinski definition) is 0. The van der Waals surface area contributed by atoms with Crippen molar-refractivity contribution in [2.45, 2.75) is 37.8 Å². The molecule has 168 valence electrons. The van der Waals surface area contributed by atoms with Gasteiger partial charge in [0.1, 0.15) is 5.75 Å².